The van der Waals surface area contributed by atoms with Crippen molar-refractivity contribution in [3.8, 4) is 5.75 Å². The predicted octanol–water partition coefficient (Wildman–Crippen LogP) is 4.50. The minimum atomic E-state index is -0.113. The molecule has 0 fully saturated rings. The summed E-state index contributed by atoms with van der Waals surface area (Å²) in [4.78, 5) is 17.3. The molecule has 3 rings (SSSR count). The van der Waals surface area contributed by atoms with Gasteiger partial charge >= 0.3 is 0 Å². The van der Waals surface area contributed by atoms with Gasteiger partial charge in [0, 0.05) is 17.6 Å². The summed E-state index contributed by atoms with van der Waals surface area (Å²) < 4.78 is 7.84. The molecule has 0 radical (unpaired) electrons. The van der Waals surface area contributed by atoms with E-state index in [1.165, 1.54) is 28.7 Å². The lowest BCUT2D eigenvalue weighted by molar-refractivity contribution is -0.113. The Labute approximate surface area is 178 Å². The lowest BCUT2D eigenvalue weighted by Crippen LogP contribution is -2.14. The second kappa shape index (κ2) is 9.89. The van der Waals surface area contributed by atoms with Gasteiger partial charge < -0.3 is 14.6 Å². The van der Waals surface area contributed by atoms with Crippen LogP contribution in [0, 0.1) is 6.92 Å². The number of nitrogens with one attached hydrogen (secondary N) is 1. The largest absolute Gasteiger partial charge is 0.486 e. The van der Waals surface area contributed by atoms with Gasteiger partial charge in [-0.3, -0.25) is 4.79 Å². The van der Waals surface area contributed by atoms with Crippen LogP contribution in [0.3, 0.4) is 0 Å². The van der Waals surface area contributed by atoms with Gasteiger partial charge in [0.25, 0.3) is 0 Å². The van der Waals surface area contributed by atoms with Crippen LogP contribution in [-0.2, 0) is 17.9 Å². The van der Waals surface area contributed by atoms with Gasteiger partial charge in [0.15, 0.2) is 16.1 Å². The molecule has 3 aromatic rings. The number of thiazole rings is 1. The highest BCUT2D eigenvalue weighted by Crippen LogP contribution is 2.22. The molecule has 0 unspecified atom stereocenters. The highest BCUT2D eigenvalue weighted by Gasteiger charge is 2.14. The first-order valence-corrected chi connectivity index (χ1v) is 11.3. The zero-order chi connectivity index (χ0) is 20.8. The normalized spacial score (nSPS) is 11.1. The van der Waals surface area contributed by atoms with Gasteiger partial charge in [-0.15, -0.1) is 21.5 Å². The van der Waals surface area contributed by atoms with E-state index in [-0.39, 0.29) is 11.7 Å². The molecule has 0 saturated carbocycles. The third kappa shape index (κ3) is 5.80. The maximum Gasteiger partial charge on any atom is 0.236 e. The first-order chi connectivity index (χ1) is 14.0. The topological polar surface area (TPSA) is 81.9 Å². The molecule has 154 valence electrons. The monoisotopic (exact) mass is 431 g/mol. The van der Waals surface area contributed by atoms with Crippen LogP contribution in [0.5, 0.6) is 5.75 Å². The lowest BCUT2D eigenvalue weighted by atomic mass is 10.0. The van der Waals surface area contributed by atoms with Crippen LogP contribution in [0.2, 0.25) is 0 Å². The Morgan fingerprint density at radius 2 is 2.03 bits per heavy atom. The van der Waals surface area contributed by atoms with Crippen molar-refractivity contribution in [3.63, 3.8) is 0 Å². The van der Waals surface area contributed by atoms with Gasteiger partial charge in [-0.1, -0.05) is 37.7 Å². The Balaban J connectivity index is 1.55. The quantitative estimate of drug-likeness (QED) is 0.503. The summed E-state index contributed by atoms with van der Waals surface area (Å²) in [6, 6.07) is 8.10. The number of carbonyl (C=O) groups is 1. The van der Waals surface area contributed by atoms with E-state index in [4.69, 9.17) is 4.74 Å². The highest BCUT2D eigenvalue weighted by molar-refractivity contribution is 7.99. The van der Waals surface area contributed by atoms with E-state index >= 15 is 0 Å². The van der Waals surface area contributed by atoms with E-state index in [2.05, 4.69) is 46.5 Å². The SMILES string of the molecule is CCn1c(COc2ccc(C(C)C)cc2)nnc1SCC(=O)Nc1ncc(C)s1. The summed E-state index contributed by atoms with van der Waals surface area (Å²) in [6.07, 6.45) is 1.74. The van der Waals surface area contributed by atoms with Crippen molar-refractivity contribution in [2.24, 2.45) is 0 Å². The summed E-state index contributed by atoms with van der Waals surface area (Å²) in [6.45, 7) is 9.33. The van der Waals surface area contributed by atoms with Crippen molar-refractivity contribution in [1.29, 1.82) is 0 Å². The number of carbonyl (C=O) groups excluding carboxylic acids is 1. The van der Waals surface area contributed by atoms with E-state index in [0.29, 0.717) is 29.4 Å². The highest BCUT2D eigenvalue weighted by atomic mass is 32.2. The zero-order valence-corrected chi connectivity index (χ0v) is 18.6. The van der Waals surface area contributed by atoms with E-state index in [0.717, 1.165) is 16.5 Å². The number of aromatic nitrogens is 4. The number of nitrogens with zero attached hydrogens (tertiary/aromatic N) is 4. The van der Waals surface area contributed by atoms with Crippen molar-refractivity contribution >= 4 is 34.1 Å². The molecule has 7 nitrogen and oxygen atoms in total. The van der Waals surface area contributed by atoms with Gasteiger partial charge in [0.2, 0.25) is 5.91 Å². The van der Waals surface area contributed by atoms with Crippen molar-refractivity contribution in [2.45, 2.75) is 51.9 Å². The maximum atomic E-state index is 12.1. The molecule has 1 amide bonds. The van der Waals surface area contributed by atoms with Gasteiger partial charge in [0.05, 0.1) is 5.75 Å². The molecule has 9 heteroatoms. The predicted molar refractivity (Wildman–Crippen MR) is 117 cm³/mol. The Hall–Kier alpha value is -2.39. The molecule has 0 bridgehead atoms. The van der Waals surface area contributed by atoms with Gasteiger partial charge in [-0.25, -0.2) is 4.98 Å². The molecule has 0 aliphatic rings. The fourth-order valence-electron chi connectivity index (χ4n) is 2.65. The number of thioether (sulfide) groups is 1. The van der Waals surface area contributed by atoms with E-state index in [1.807, 2.05) is 30.5 Å². The molecule has 0 aliphatic heterocycles. The third-order valence-electron chi connectivity index (χ3n) is 4.22. The third-order valence-corrected chi connectivity index (χ3v) is 6.02. The summed E-state index contributed by atoms with van der Waals surface area (Å²) in [5.74, 6) is 2.15. The Bertz CT molecular complexity index is 950. The summed E-state index contributed by atoms with van der Waals surface area (Å²) in [5.41, 5.74) is 1.28. The van der Waals surface area contributed by atoms with E-state index < -0.39 is 0 Å². The second-order valence-electron chi connectivity index (χ2n) is 6.77. The summed E-state index contributed by atoms with van der Waals surface area (Å²) >= 11 is 2.81. The smallest absolute Gasteiger partial charge is 0.236 e. The number of aryl methyl sites for hydroxylation is 1. The van der Waals surface area contributed by atoms with Crippen LogP contribution in [0.1, 0.15) is 43.0 Å². The fourth-order valence-corrected chi connectivity index (χ4v) is 4.15. The molecule has 29 heavy (non-hydrogen) atoms. The average Bonchev–Trinajstić information content (AvgIpc) is 3.30. The Morgan fingerprint density at radius 3 is 2.66 bits per heavy atom. The number of ether oxygens (including phenoxy) is 1. The van der Waals surface area contributed by atoms with Crippen molar-refractivity contribution < 1.29 is 9.53 Å². The van der Waals surface area contributed by atoms with Crippen molar-refractivity contribution in [1.82, 2.24) is 19.7 Å². The molecule has 2 aromatic heterocycles. The Kier molecular flexibility index (Phi) is 7.27. The van der Waals surface area contributed by atoms with Crippen molar-refractivity contribution in [3.05, 3.63) is 46.7 Å². The molecule has 1 aromatic carbocycles. The Morgan fingerprint density at radius 1 is 1.28 bits per heavy atom. The summed E-state index contributed by atoms with van der Waals surface area (Å²) in [5, 5.41) is 12.6. The number of amides is 1. The van der Waals surface area contributed by atoms with E-state index in [1.54, 1.807) is 6.20 Å². The number of benzene rings is 1. The molecule has 1 N–H and O–H groups in total. The first-order valence-electron chi connectivity index (χ1n) is 9.46. The molecule has 2 heterocycles. The van der Waals surface area contributed by atoms with Gasteiger partial charge in [-0.05, 0) is 37.5 Å². The molecule has 0 atom stereocenters. The van der Waals surface area contributed by atoms with Crippen molar-refractivity contribution in [2.75, 3.05) is 11.1 Å². The minimum absolute atomic E-state index is 0.113. The van der Waals surface area contributed by atoms with Crippen LogP contribution in [0.4, 0.5) is 5.13 Å². The number of hydrogen-bond acceptors (Lipinski definition) is 7. The number of anilines is 1. The van der Waals surface area contributed by atoms with Crippen LogP contribution in [0.15, 0.2) is 35.6 Å². The number of rotatable bonds is 9. The number of hydrogen-bond donors (Lipinski definition) is 1. The van der Waals surface area contributed by atoms with E-state index in [9.17, 15) is 4.79 Å². The maximum absolute atomic E-state index is 12.1. The molecular formula is C20H25N5O2S2. The van der Waals surface area contributed by atoms with Crippen LogP contribution >= 0.6 is 23.1 Å². The minimum Gasteiger partial charge on any atom is -0.486 e. The van der Waals surface area contributed by atoms with Gasteiger partial charge in [0.1, 0.15) is 12.4 Å². The average molecular weight is 432 g/mol. The lowest BCUT2D eigenvalue weighted by Gasteiger charge is -2.10. The van der Waals surface area contributed by atoms with Gasteiger partial charge in [-0.2, -0.15) is 0 Å². The standard InChI is InChI=1S/C20H25N5O2S2/c1-5-25-17(11-27-16-8-6-15(7-9-16)13(2)3)23-24-20(25)28-12-18(26)22-19-21-10-14(4)29-19/h6-10,13H,5,11-12H2,1-4H3,(H,21,22,26). The second-order valence-corrected chi connectivity index (χ2v) is 8.95. The van der Waals surface area contributed by atoms with Crippen LogP contribution < -0.4 is 10.1 Å². The van der Waals surface area contributed by atoms with Crippen LogP contribution in [0.25, 0.3) is 0 Å². The fraction of sp³-hybridized carbons (Fsp3) is 0.400. The van der Waals surface area contributed by atoms with Crippen LogP contribution in [-0.4, -0.2) is 31.4 Å². The summed E-state index contributed by atoms with van der Waals surface area (Å²) in [7, 11) is 0. The first kappa shape index (κ1) is 21.3. The molecule has 0 saturated heterocycles. The zero-order valence-electron chi connectivity index (χ0n) is 17.0. The molecular weight excluding hydrogens is 406 g/mol. The molecule has 0 spiro atoms. The molecule has 0 aliphatic carbocycles.